The Labute approximate surface area is 173 Å². The molecule has 12 heteroatoms. The van der Waals surface area contributed by atoms with E-state index in [2.05, 4.69) is 10.1 Å². The number of carbonyl (C=O) groups excluding carboxylic acids is 2. The van der Waals surface area contributed by atoms with Crippen LogP contribution in [0.3, 0.4) is 0 Å². The molecule has 1 aliphatic rings. The summed E-state index contributed by atoms with van der Waals surface area (Å²) in [4.78, 5) is 30.9. The van der Waals surface area contributed by atoms with Crippen molar-refractivity contribution in [3.8, 4) is 0 Å². The Morgan fingerprint density at radius 1 is 1.38 bits per heavy atom. The fourth-order valence-electron chi connectivity index (χ4n) is 3.06. The normalized spacial score (nSPS) is 14.0. The first kappa shape index (κ1) is 21.6. The van der Waals surface area contributed by atoms with Gasteiger partial charge in [0.1, 0.15) is 10.0 Å². The van der Waals surface area contributed by atoms with Gasteiger partial charge in [0, 0.05) is 36.1 Å². The minimum Gasteiger partial charge on any atom is -0.461 e. The number of hydrogen-bond acceptors (Lipinski definition) is 7. The number of thiazole rings is 1. The second-order valence-corrected chi connectivity index (χ2v) is 8.17. The van der Waals surface area contributed by atoms with Crippen LogP contribution in [0.5, 0.6) is 0 Å². The molecule has 3 heterocycles. The summed E-state index contributed by atoms with van der Waals surface area (Å²) in [5.74, 6) is -0.993. The smallest absolute Gasteiger partial charge is 0.390 e. The molecule has 0 atom stereocenters. The van der Waals surface area contributed by atoms with Gasteiger partial charge in [0.15, 0.2) is 5.69 Å². The third-order valence-electron chi connectivity index (χ3n) is 4.37. The van der Waals surface area contributed by atoms with Gasteiger partial charge >= 0.3 is 12.1 Å². The largest absolute Gasteiger partial charge is 0.461 e. The van der Waals surface area contributed by atoms with Crippen LogP contribution in [-0.4, -0.2) is 57.1 Å². The summed E-state index contributed by atoms with van der Waals surface area (Å²) in [7, 11) is 0. The van der Waals surface area contributed by atoms with Gasteiger partial charge in [-0.05, 0) is 13.2 Å². The molecular formula is C17H19F3N4O3S2. The van der Waals surface area contributed by atoms with E-state index in [1.165, 1.54) is 32.7 Å². The van der Waals surface area contributed by atoms with E-state index in [0.29, 0.717) is 29.9 Å². The highest BCUT2D eigenvalue weighted by Gasteiger charge is 2.33. The third kappa shape index (κ3) is 4.92. The number of carbonyl (C=O) groups is 2. The van der Waals surface area contributed by atoms with Gasteiger partial charge in [0.2, 0.25) is 0 Å². The van der Waals surface area contributed by atoms with Gasteiger partial charge in [0.25, 0.3) is 5.91 Å². The van der Waals surface area contributed by atoms with E-state index < -0.39 is 18.6 Å². The predicted octanol–water partition coefficient (Wildman–Crippen LogP) is 3.39. The van der Waals surface area contributed by atoms with Gasteiger partial charge in [-0.1, -0.05) is 11.8 Å². The Hall–Kier alpha value is -2.08. The fraction of sp³-hybridized carbons (Fsp3) is 0.529. The molecule has 0 bridgehead atoms. The zero-order valence-corrected chi connectivity index (χ0v) is 17.4. The van der Waals surface area contributed by atoms with Crippen LogP contribution < -0.4 is 0 Å². The van der Waals surface area contributed by atoms with E-state index in [1.807, 2.05) is 6.26 Å². The maximum Gasteiger partial charge on any atom is 0.390 e. The molecule has 0 spiro atoms. The van der Waals surface area contributed by atoms with Crippen LogP contribution >= 0.6 is 23.1 Å². The summed E-state index contributed by atoms with van der Waals surface area (Å²) in [5, 5.41) is 5.75. The van der Waals surface area contributed by atoms with E-state index in [4.69, 9.17) is 4.74 Å². The molecule has 3 rings (SSSR count). The van der Waals surface area contributed by atoms with Crippen molar-refractivity contribution in [1.29, 1.82) is 0 Å². The van der Waals surface area contributed by atoms with Gasteiger partial charge in [-0.25, -0.2) is 9.78 Å². The van der Waals surface area contributed by atoms with Crippen molar-refractivity contribution in [2.45, 2.75) is 43.4 Å². The standard InChI is InChI=1S/C17H19F3N4O3S2/c1-3-27-15(26)13-10-8-23(14(25)11-9-29-16(21-11)28-2)6-4-12(10)24(22-13)7-5-17(18,19)20/h9H,3-8H2,1-2H3. The van der Waals surface area contributed by atoms with Crippen LogP contribution in [0, 0.1) is 0 Å². The molecule has 0 radical (unpaired) electrons. The third-order valence-corrected chi connectivity index (χ3v) is 6.24. The first-order chi connectivity index (χ1) is 13.7. The number of amides is 1. The molecule has 29 heavy (non-hydrogen) atoms. The molecule has 2 aromatic rings. The van der Waals surface area contributed by atoms with Crippen molar-refractivity contribution in [2.24, 2.45) is 0 Å². The second kappa shape index (κ2) is 8.74. The lowest BCUT2D eigenvalue weighted by molar-refractivity contribution is -0.137. The molecule has 0 fully saturated rings. The van der Waals surface area contributed by atoms with E-state index in [1.54, 1.807) is 12.3 Å². The molecule has 0 N–H and O–H groups in total. The minimum atomic E-state index is -4.33. The molecule has 0 unspecified atom stereocenters. The lowest BCUT2D eigenvalue weighted by atomic mass is 10.0. The fourth-order valence-corrected chi connectivity index (χ4v) is 4.29. The van der Waals surface area contributed by atoms with Crippen LogP contribution in [0.1, 0.15) is 45.6 Å². The number of alkyl halides is 3. The predicted molar refractivity (Wildman–Crippen MR) is 101 cm³/mol. The van der Waals surface area contributed by atoms with Crippen LogP contribution in [0.4, 0.5) is 13.2 Å². The number of aromatic nitrogens is 3. The molecule has 0 aromatic carbocycles. The minimum absolute atomic E-state index is 0.0374. The summed E-state index contributed by atoms with van der Waals surface area (Å²) in [6.07, 6.45) is -3.23. The summed E-state index contributed by atoms with van der Waals surface area (Å²) in [6.45, 7) is 1.73. The van der Waals surface area contributed by atoms with Gasteiger partial charge in [-0.3, -0.25) is 9.48 Å². The lowest BCUT2D eigenvalue weighted by Crippen LogP contribution is -2.37. The Kier molecular flexibility index (Phi) is 6.52. The molecule has 1 aliphatic heterocycles. The summed E-state index contributed by atoms with van der Waals surface area (Å²) >= 11 is 2.80. The zero-order valence-electron chi connectivity index (χ0n) is 15.8. The number of rotatable bonds is 6. The Morgan fingerprint density at radius 2 is 2.14 bits per heavy atom. The van der Waals surface area contributed by atoms with Crippen molar-refractivity contribution in [2.75, 3.05) is 19.4 Å². The Bertz CT molecular complexity index is 910. The molecule has 1 amide bonds. The van der Waals surface area contributed by atoms with Crippen molar-refractivity contribution in [3.63, 3.8) is 0 Å². The monoisotopic (exact) mass is 448 g/mol. The average Bonchev–Trinajstić information content (AvgIpc) is 3.30. The van der Waals surface area contributed by atoms with Crippen molar-refractivity contribution in [3.05, 3.63) is 28.0 Å². The van der Waals surface area contributed by atoms with Crippen LogP contribution in [0.15, 0.2) is 9.72 Å². The SMILES string of the molecule is CCOC(=O)c1nn(CCC(F)(F)F)c2c1CN(C(=O)c1csc(SC)n1)CC2. The van der Waals surface area contributed by atoms with Crippen LogP contribution in [0.2, 0.25) is 0 Å². The summed E-state index contributed by atoms with van der Waals surface area (Å²) in [6, 6.07) is 0. The maximum atomic E-state index is 12.8. The van der Waals surface area contributed by atoms with Crippen molar-refractivity contribution < 1.29 is 27.5 Å². The number of ether oxygens (including phenoxy) is 1. The number of aryl methyl sites for hydroxylation is 1. The molecule has 0 aliphatic carbocycles. The molecule has 0 saturated heterocycles. The van der Waals surface area contributed by atoms with E-state index >= 15 is 0 Å². The first-order valence-electron chi connectivity index (χ1n) is 8.84. The van der Waals surface area contributed by atoms with Crippen molar-refractivity contribution in [1.82, 2.24) is 19.7 Å². The number of nitrogens with zero attached hydrogens (tertiary/aromatic N) is 4. The second-order valence-electron chi connectivity index (χ2n) is 6.26. The average molecular weight is 448 g/mol. The molecular weight excluding hydrogens is 429 g/mol. The highest BCUT2D eigenvalue weighted by atomic mass is 32.2. The first-order valence-corrected chi connectivity index (χ1v) is 10.9. The Morgan fingerprint density at radius 3 is 2.76 bits per heavy atom. The lowest BCUT2D eigenvalue weighted by Gasteiger charge is -2.27. The topological polar surface area (TPSA) is 77.3 Å². The number of esters is 1. The number of hydrogen-bond donors (Lipinski definition) is 0. The number of halogens is 3. The number of fused-ring (bicyclic) bond motifs is 1. The van der Waals surface area contributed by atoms with E-state index in [0.717, 1.165) is 4.34 Å². The van der Waals surface area contributed by atoms with Gasteiger partial charge < -0.3 is 9.64 Å². The van der Waals surface area contributed by atoms with E-state index in [-0.39, 0.29) is 31.3 Å². The highest BCUT2D eigenvalue weighted by Crippen LogP contribution is 2.28. The van der Waals surface area contributed by atoms with Crippen molar-refractivity contribution >= 4 is 35.0 Å². The van der Waals surface area contributed by atoms with Crippen LogP contribution in [-0.2, 0) is 24.2 Å². The summed E-state index contributed by atoms with van der Waals surface area (Å²) in [5.41, 5.74) is 1.24. The van der Waals surface area contributed by atoms with Gasteiger partial charge in [-0.15, -0.1) is 11.3 Å². The van der Waals surface area contributed by atoms with E-state index in [9.17, 15) is 22.8 Å². The molecule has 2 aromatic heterocycles. The van der Waals surface area contributed by atoms with Crippen LogP contribution in [0.25, 0.3) is 0 Å². The number of thioether (sulfide) groups is 1. The highest BCUT2D eigenvalue weighted by molar-refractivity contribution is 8.00. The quantitative estimate of drug-likeness (QED) is 0.498. The molecule has 0 saturated carbocycles. The van der Waals surface area contributed by atoms with Gasteiger partial charge in [0.05, 0.1) is 19.6 Å². The summed E-state index contributed by atoms with van der Waals surface area (Å²) < 4.78 is 44.9. The molecule has 7 nitrogen and oxygen atoms in total. The zero-order chi connectivity index (χ0) is 21.2. The Balaban J connectivity index is 1.87. The maximum absolute atomic E-state index is 12.8. The van der Waals surface area contributed by atoms with Gasteiger partial charge in [-0.2, -0.15) is 18.3 Å². The molecule has 158 valence electrons.